The van der Waals surface area contributed by atoms with E-state index in [1.807, 2.05) is 49.5 Å². The lowest BCUT2D eigenvalue weighted by atomic mass is 9.88. The van der Waals surface area contributed by atoms with Crippen LogP contribution in [0.25, 0.3) is 0 Å². The summed E-state index contributed by atoms with van der Waals surface area (Å²) in [5.74, 6) is -2.68. The Morgan fingerprint density at radius 1 is 1.19 bits per heavy atom. The largest absolute Gasteiger partial charge is 0.471 e. The van der Waals surface area contributed by atoms with Crippen LogP contribution in [-0.2, 0) is 25.5 Å². The van der Waals surface area contributed by atoms with Crippen LogP contribution in [0.2, 0.25) is 0 Å². The quantitative estimate of drug-likeness (QED) is 0.574. The Balaban J connectivity index is 2.11. The summed E-state index contributed by atoms with van der Waals surface area (Å²) in [4.78, 5) is 24.0. The van der Waals surface area contributed by atoms with E-state index in [9.17, 15) is 22.8 Å². The number of hydrogen-bond acceptors (Lipinski definition) is 5. The van der Waals surface area contributed by atoms with Gasteiger partial charge in [-0.3, -0.25) is 4.79 Å². The van der Waals surface area contributed by atoms with Crippen LogP contribution in [0.1, 0.15) is 38.7 Å². The lowest BCUT2D eigenvalue weighted by molar-refractivity contribution is -0.175. The monoisotopic (exact) mass is 442 g/mol. The second-order valence-electron chi connectivity index (χ2n) is 7.47. The van der Waals surface area contributed by atoms with Crippen molar-refractivity contribution in [3.05, 3.63) is 47.5 Å². The summed E-state index contributed by atoms with van der Waals surface area (Å²) in [5, 5.41) is 1.93. The second-order valence-corrected chi connectivity index (χ2v) is 7.47. The minimum Gasteiger partial charge on any atom is -0.462 e. The molecule has 0 aliphatic heterocycles. The molecule has 9 heteroatoms. The van der Waals surface area contributed by atoms with Gasteiger partial charge in [0.2, 0.25) is 0 Å². The molecule has 1 amide bonds. The van der Waals surface area contributed by atoms with Crippen LogP contribution in [0.3, 0.4) is 0 Å². The minimum atomic E-state index is -5.04. The molecule has 0 bridgehead atoms. The van der Waals surface area contributed by atoms with Crippen LogP contribution >= 0.6 is 0 Å². The van der Waals surface area contributed by atoms with Gasteiger partial charge in [-0.1, -0.05) is 44.2 Å². The third-order valence-electron chi connectivity index (χ3n) is 5.18. The summed E-state index contributed by atoms with van der Waals surface area (Å²) in [6, 6.07) is 7.43. The Kier molecular flexibility index (Phi) is 9.06. The van der Waals surface area contributed by atoms with Crippen molar-refractivity contribution in [3.63, 3.8) is 0 Å². The number of hydrogen-bond donors (Lipinski definition) is 2. The van der Waals surface area contributed by atoms with Crippen molar-refractivity contribution in [1.82, 2.24) is 5.32 Å². The average molecular weight is 442 g/mol. The molecule has 0 spiro atoms. The van der Waals surface area contributed by atoms with E-state index in [1.54, 1.807) is 0 Å². The number of carbonyl (C=O) groups is 2. The maximum Gasteiger partial charge on any atom is 0.471 e. The van der Waals surface area contributed by atoms with Gasteiger partial charge < -0.3 is 20.5 Å². The van der Waals surface area contributed by atoms with Crippen LogP contribution in [0.15, 0.2) is 42.0 Å². The van der Waals surface area contributed by atoms with Crippen molar-refractivity contribution < 1.29 is 32.2 Å². The number of ether oxygens (including phenoxy) is 2. The Morgan fingerprint density at radius 3 is 2.42 bits per heavy atom. The smallest absolute Gasteiger partial charge is 0.462 e. The molecule has 2 rings (SSSR count). The van der Waals surface area contributed by atoms with Crippen molar-refractivity contribution in [2.75, 3.05) is 6.61 Å². The summed E-state index contributed by atoms with van der Waals surface area (Å²) in [5.41, 5.74) is 7.30. The number of rotatable bonds is 9. The fourth-order valence-corrected chi connectivity index (χ4v) is 3.39. The van der Waals surface area contributed by atoms with Crippen LogP contribution in [0.4, 0.5) is 13.2 Å². The number of benzene rings is 1. The van der Waals surface area contributed by atoms with Gasteiger partial charge in [-0.2, -0.15) is 13.2 Å². The first-order valence-corrected chi connectivity index (χ1v) is 10.4. The maximum absolute atomic E-state index is 12.8. The Bertz CT molecular complexity index is 764. The molecule has 1 aliphatic carbocycles. The van der Waals surface area contributed by atoms with Gasteiger partial charge in [-0.15, -0.1) is 0 Å². The van der Waals surface area contributed by atoms with E-state index >= 15 is 0 Å². The van der Waals surface area contributed by atoms with Crippen molar-refractivity contribution in [2.45, 2.75) is 70.0 Å². The van der Waals surface area contributed by atoms with Crippen LogP contribution in [0.5, 0.6) is 0 Å². The van der Waals surface area contributed by atoms with E-state index in [4.69, 9.17) is 15.2 Å². The van der Waals surface area contributed by atoms with E-state index in [2.05, 4.69) is 0 Å². The van der Waals surface area contributed by atoms with Gasteiger partial charge in [0, 0.05) is 18.0 Å². The zero-order valence-corrected chi connectivity index (χ0v) is 17.7. The van der Waals surface area contributed by atoms with Gasteiger partial charge in [0.05, 0.1) is 24.9 Å². The molecule has 6 nitrogen and oxygen atoms in total. The summed E-state index contributed by atoms with van der Waals surface area (Å²) in [6.45, 7) is 3.91. The van der Waals surface area contributed by atoms with Crippen molar-refractivity contribution >= 4 is 11.9 Å². The average Bonchev–Trinajstić information content (AvgIpc) is 2.73. The van der Waals surface area contributed by atoms with Gasteiger partial charge >= 0.3 is 18.1 Å². The number of alkyl halides is 3. The topological polar surface area (TPSA) is 90.7 Å². The summed E-state index contributed by atoms with van der Waals surface area (Å²) >= 11 is 0. The highest BCUT2D eigenvalue weighted by molar-refractivity contribution is 5.89. The molecular weight excluding hydrogens is 413 g/mol. The molecule has 0 saturated carbocycles. The predicted octanol–water partition coefficient (Wildman–Crippen LogP) is 3.05. The number of esters is 1. The normalized spacial score (nSPS) is 21.5. The van der Waals surface area contributed by atoms with Gasteiger partial charge in [0.15, 0.2) is 0 Å². The first-order chi connectivity index (χ1) is 14.7. The molecule has 3 atom stereocenters. The molecule has 0 radical (unpaired) electrons. The number of nitrogens with two attached hydrogens (primary N) is 1. The lowest BCUT2D eigenvalue weighted by Crippen LogP contribution is -2.59. The van der Waals surface area contributed by atoms with E-state index in [0.29, 0.717) is 19.3 Å². The van der Waals surface area contributed by atoms with Crippen LogP contribution in [-0.4, -0.2) is 49.0 Å². The maximum atomic E-state index is 12.8. The predicted molar refractivity (Wildman–Crippen MR) is 109 cm³/mol. The molecule has 0 heterocycles. The Morgan fingerprint density at radius 2 is 1.84 bits per heavy atom. The van der Waals surface area contributed by atoms with Gasteiger partial charge in [-0.05, 0) is 30.9 Å². The van der Waals surface area contributed by atoms with Crippen LogP contribution in [0, 0.1) is 0 Å². The van der Waals surface area contributed by atoms with Crippen LogP contribution < -0.4 is 11.1 Å². The second kappa shape index (κ2) is 11.3. The highest BCUT2D eigenvalue weighted by atomic mass is 19.4. The molecule has 3 N–H and O–H groups in total. The number of amides is 1. The number of nitrogens with one attached hydrogen (secondary N) is 1. The summed E-state index contributed by atoms with van der Waals surface area (Å²) in [6.07, 6.45) is -3.11. The Hall–Kier alpha value is -2.39. The molecule has 1 aromatic rings. The SMILES string of the molecule is CCC(CC)O[C@@H]1C=C(C(=O)OCCc2ccccc2)C[C@H](N)[C@H]1NC(=O)C(F)(F)F. The fourth-order valence-electron chi connectivity index (χ4n) is 3.39. The molecule has 1 aliphatic rings. The lowest BCUT2D eigenvalue weighted by Gasteiger charge is -2.36. The van der Waals surface area contributed by atoms with Crippen molar-refractivity contribution in [3.8, 4) is 0 Å². The fraction of sp³-hybridized carbons (Fsp3) is 0.545. The van der Waals surface area contributed by atoms with E-state index in [1.165, 1.54) is 6.08 Å². The van der Waals surface area contributed by atoms with E-state index in [-0.39, 0.29) is 24.7 Å². The minimum absolute atomic E-state index is 0.0320. The Labute approximate surface area is 180 Å². The van der Waals surface area contributed by atoms with Gasteiger partial charge in [0.25, 0.3) is 0 Å². The molecule has 0 unspecified atom stereocenters. The van der Waals surface area contributed by atoms with Crippen molar-refractivity contribution in [1.29, 1.82) is 0 Å². The molecule has 0 saturated heterocycles. The van der Waals surface area contributed by atoms with Gasteiger partial charge in [-0.25, -0.2) is 4.79 Å². The summed E-state index contributed by atoms with van der Waals surface area (Å²) < 4.78 is 49.5. The zero-order valence-electron chi connectivity index (χ0n) is 17.7. The van der Waals surface area contributed by atoms with E-state index in [0.717, 1.165) is 5.56 Å². The molecule has 31 heavy (non-hydrogen) atoms. The summed E-state index contributed by atoms with van der Waals surface area (Å²) in [7, 11) is 0. The molecule has 0 fully saturated rings. The molecule has 172 valence electrons. The number of halogens is 3. The molecular formula is C22H29F3N2O4. The third-order valence-corrected chi connectivity index (χ3v) is 5.18. The third kappa shape index (κ3) is 7.36. The highest BCUT2D eigenvalue weighted by Crippen LogP contribution is 2.25. The number of carbonyl (C=O) groups excluding carboxylic acids is 2. The van der Waals surface area contributed by atoms with Crippen molar-refractivity contribution in [2.24, 2.45) is 5.73 Å². The molecule has 1 aromatic carbocycles. The molecule has 0 aromatic heterocycles. The highest BCUT2D eigenvalue weighted by Gasteiger charge is 2.44. The first kappa shape index (κ1) is 24.9. The zero-order chi connectivity index (χ0) is 23.0. The standard InChI is InChI=1S/C22H29F3N2O4/c1-3-16(4-2)31-18-13-15(12-17(26)19(18)27-21(29)22(23,24)25)20(28)30-11-10-14-8-6-5-7-9-14/h5-9,13,16-19H,3-4,10-12,26H2,1-2H3,(H,27,29)/t17-,18+,19+/m0/s1. The van der Waals surface area contributed by atoms with E-state index < -0.39 is 36.2 Å². The first-order valence-electron chi connectivity index (χ1n) is 10.4. The van der Waals surface area contributed by atoms with Gasteiger partial charge in [0.1, 0.15) is 0 Å².